The summed E-state index contributed by atoms with van der Waals surface area (Å²) in [4.78, 5) is 16.8. The summed E-state index contributed by atoms with van der Waals surface area (Å²) in [5.74, 6) is 2.35. The van der Waals surface area contributed by atoms with Crippen LogP contribution in [0, 0.1) is 0 Å². The lowest BCUT2D eigenvalue weighted by Gasteiger charge is -2.10. The summed E-state index contributed by atoms with van der Waals surface area (Å²) >= 11 is 0. The zero-order chi connectivity index (χ0) is 22.3. The third-order valence-electron chi connectivity index (χ3n) is 4.62. The first-order chi connectivity index (χ1) is 15.7. The number of carbonyl (C=O) groups excluding carboxylic acids is 1. The van der Waals surface area contributed by atoms with Crippen molar-refractivity contribution in [2.24, 2.45) is 0 Å². The summed E-state index contributed by atoms with van der Waals surface area (Å²) in [6.45, 7) is -0.178. The lowest BCUT2D eigenvalue weighted by molar-refractivity contribution is -0.118. The van der Waals surface area contributed by atoms with E-state index in [0.29, 0.717) is 34.5 Å². The second-order valence-corrected chi connectivity index (χ2v) is 6.71. The van der Waals surface area contributed by atoms with Crippen LogP contribution in [0.5, 0.6) is 17.2 Å². The normalized spacial score (nSPS) is 10.4. The van der Waals surface area contributed by atoms with Crippen molar-refractivity contribution in [2.75, 3.05) is 26.1 Å². The van der Waals surface area contributed by atoms with Crippen molar-refractivity contribution in [2.45, 2.75) is 0 Å². The molecular weight excluding hydrogens is 410 g/mol. The Balaban J connectivity index is 1.44. The van der Waals surface area contributed by atoms with Crippen molar-refractivity contribution in [3.8, 4) is 40.1 Å². The molecule has 0 aliphatic rings. The van der Waals surface area contributed by atoms with E-state index in [4.69, 9.17) is 18.7 Å². The molecule has 4 rings (SSSR count). The highest BCUT2D eigenvalue weighted by molar-refractivity contribution is 5.92. The minimum atomic E-state index is -0.297. The van der Waals surface area contributed by atoms with Gasteiger partial charge in [0.2, 0.25) is 5.82 Å². The minimum absolute atomic E-state index is 0.178. The predicted molar refractivity (Wildman–Crippen MR) is 119 cm³/mol. The van der Waals surface area contributed by atoms with Crippen molar-refractivity contribution in [3.63, 3.8) is 0 Å². The lowest BCUT2D eigenvalue weighted by atomic mass is 10.2. The molecule has 0 fully saturated rings. The Bertz CT molecular complexity index is 1190. The van der Waals surface area contributed by atoms with Gasteiger partial charge in [0.1, 0.15) is 17.2 Å². The second kappa shape index (κ2) is 9.65. The first-order valence-electron chi connectivity index (χ1n) is 9.80. The molecule has 0 aliphatic heterocycles. The van der Waals surface area contributed by atoms with E-state index in [1.807, 2.05) is 30.3 Å². The molecule has 32 heavy (non-hydrogen) atoms. The van der Waals surface area contributed by atoms with Crippen LogP contribution in [-0.2, 0) is 4.79 Å². The zero-order valence-corrected chi connectivity index (χ0v) is 17.6. The number of methoxy groups -OCH3 is 2. The maximum Gasteiger partial charge on any atom is 0.262 e. The van der Waals surface area contributed by atoms with Gasteiger partial charge in [0, 0.05) is 11.3 Å². The SMILES string of the molecule is COc1ccc(NC(=O)COc2ccccc2-c2nc(-c3ccc(OC)cc3)no2)cc1. The number of carbonyl (C=O) groups is 1. The van der Waals surface area contributed by atoms with Crippen LogP contribution < -0.4 is 19.5 Å². The Morgan fingerprint density at radius 2 is 1.56 bits per heavy atom. The van der Waals surface area contributed by atoms with Crippen molar-refractivity contribution < 1.29 is 23.5 Å². The maximum atomic E-state index is 12.3. The van der Waals surface area contributed by atoms with Crippen LogP contribution in [0.4, 0.5) is 5.69 Å². The highest BCUT2D eigenvalue weighted by atomic mass is 16.5. The van der Waals surface area contributed by atoms with Crippen LogP contribution in [0.25, 0.3) is 22.8 Å². The topological polar surface area (TPSA) is 95.7 Å². The first kappa shape index (κ1) is 20.9. The van der Waals surface area contributed by atoms with Crippen LogP contribution in [0.2, 0.25) is 0 Å². The molecule has 8 heteroatoms. The van der Waals surface area contributed by atoms with Crippen molar-refractivity contribution in [1.29, 1.82) is 0 Å². The van der Waals surface area contributed by atoms with Gasteiger partial charge in [-0.15, -0.1) is 0 Å². The summed E-state index contributed by atoms with van der Waals surface area (Å²) in [5.41, 5.74) is 2.03. The van der Waals surface area contributed by atoms with Crippen LogP contribution in [-0.4, -0.2) is 36.9 Å². The van der Waals surface area contributed by atoms with E-state index < -0.39 is 0 Å². The van der Waals surface area contributed by atoms with Crippen LogP contribution in [0.15, 0.2) is 77.3 Å². The fourth-order valence-electron chi connectivity index (χ4n) is 2.97. The number of rotatable bonds is 8. The Morgan fingerprint density at radius 3 is 2.25 bits per heavy atom. The molecule has 1 aromatic heterocycles. The molecule has 0 bridgehead atoms. The van der Waals surface area contributed by atoms with Gasteiger partial charge in [-0.25, -0.2) is 0 Å². The number of amides is 1. The Morgan fingerprint density at radius 1 is 0.906 bits per heavy atom. The summed E-state index contributed by atoms with van der Waals surface area (Å²) in [6, 6.07) is 21.6. The quantitative estimate of drug-likeness (QED) is 0.441. The number of benzene rings is 3. The van der Waals surface area contributed by atoms with E-state index in [9.17, 15) is 4.79 Å². The summed E-state index contributed by atoms with van der Waals surface area (Å²) in [5, 5.41) is 6.83. The van der Waals surface area contributed by atoms with Gasteiger partial charge in [-0.2, -0.15) is 4.98 Å². The standard InChI is InChI=1S/C24H21N3O5/c1-29-18-11-7-16(8-12-18)23-26-24(32-27-23)20-5-3-4-6-21(20)31-15-22(28)25-17-9-13-19(30-2)14-10-17/h3-14H,15H2,1-2H3,(H,25,28). The van der Waals surface area contributed by atoms with Gasteiger partial charge in [-0.05, 0) is 60.7 Å². The van der Waals surface area contributed by atoms with Crippen molar-refractivity contribution >= 4 is 11.6 Å². The van der Waals surface area contributed by atoms with Crippen LogP contribution >= 0.6 is 0 Å². The number of hydrogen-bond acceptors (Lipinski definition) is 7. The molecule has 0 unspecified atom stereocenters. The van der Waals surface area contributed by atoms with E-state index >= 15 is 0 Å². The average Bonchev–Trinajstić information content (AvgIpc) is 3.33. The largest absolute Gasteiger partial charge is 0.497 e. The zero-order valence-electron chi connectivity index (χ0n) is 17.6. The molecule has 1 heterocycles. The Hall–Kier alpha value is -4.33. The number of para-hydroxylation sites is 1. The number of ether oxygens (including phenoxy) is 3. The molecule has 0 aliphatic carbocycles. The lowest BCUT2D eigenvalue weighted by Crippen LogP contribution is -2.20. The molecule has 8 nitrogen and oxygen atoms in total. The number of nitrogens with zero attached hydrogens (tertiary/aromatic N) is 2. The monoisotopic (exact) mass is 431 g/mol. The summed E-state index contributed by atoms with van der Waals surface area (Å²) in [6.07, 6.45) is 0. The number of hydrogen-bond donors (Lipinski definition) is 1. The molecule has 0 saturated heterocycles. The van der Waals surface area contributed by atoms with E-state index in [1.54, 1.807) is 56.7 Å². The van der Waals surface area contributed by atoms with Crippen LogP contribution in [0.3, 0.4) is 0 Å². The number of anilines is 1. The molecule has 0 spiro atoms. The van der Waals surface area contributed by atoms with E-state index in [-0.39, 0.29) is 12.5 Å². The number of aromatic nitrogens is 2. The fourth-order valence-corrected chi connectivity index (χ4v) is 2.97. The van der Waals surface area contributed by atoms with E-state index in [1.165, 1.54) is 0 Å². The Kier molecular flexibility index (Phi) is 6.31. The Labute approximate surface area is 184 Å². The van der Waals surface area contributed by atoms with Gasteiger partial charge >= 0.3 is 0 Å². The third-order valence-corrected chi connectivity index (χ3v) is 4.62. The maximum absolute atomic E-state index is 12.3. The molecule has 1 N–H and O–H groups in total. The molecule has 0 atom stereocenters. The van der Waals surface area contributed by atoms with Crippen LogP contribution in [0.1, 0.15) is 0 Å². The minimum Gasteiger partial charge on any atom is -0.497 e. The second-order valence-electron chi connectivity index (χ2n) is 6.71. The molecule has 0 radical (unpaired) electrons. The van der Waals surface area contributed by atoms with Gasteiger partial charge < -0.3 is 24.1 Å². The van der Waals surface area contributed by atoms with Gasteiger partial charge in [0.25, 0.3) is 11.8 Å². The van der Waals surface area contributed by atoms with E-state index in [0.717, 1.165) is 11.3 Å². The average molecular weight is 431 g/mol. The highest BCUT2D eigenvalue weighted by Gasteiger charge is 2.16. The molecule has 1 amide bonds. The molecule has 3 aromatic carbocycles. The molecule has 0 saturated carbocycles. The molecule has 162 valence electrons. The van der Waals surface area contributed by atoms with E-state index in [2.05, 4.69) is 15.5 Å². The van der Waals surface area contributed by atoms with Crippen molar-refractivity contribution in [1.82, 2.24) is 10.1 Å². The predicted octanol–water partition coefficient (Wildman–Crippen LogP) is 4.44. The highest BCUT2D eigenvalue weighted by Crippen LogP contribution is 2.30. The summed E-state index contributed by atoms with van der Waals surface area (Å²) < 4.78 is 21.5. The van der Waals surface area contributed by atoms with Gasteiger partial charge in [0.15, 0.2) is 6.61 Å². The summed E-state index contributed by atoms with van der Waals surface area (Å²) in [7, 11) is 3.19. The van der Waals surface area contributed by atoms with Gasteiger partial charge in [0.05, 0.1) is 19.8 Å². The first-order valence-corrected chi connectivity index (χ1v) is 9.80. The molecule has 4 aromatic rings. The molecular formula is C24H21N3O5. The third kappa shape index (κ3) is 4.86. The number of nitrogens with one attached hydrogen (secondary N) is 1. The van der Waals surface area contributed by atoms with Gasteiger partial charge in [-0.3, -0.25) is 4.79 Å². The van der Waals surface area contributed by atoms with Gasteiger partial charge in [-0.1, -0.05) is 17.3 Å². The van der Waals surface area contributed by atoms with Crippen molar-refractivity contribution in [3.05, 3.63) is 72.8 Å². The fraction of sp³-hybridized carbons (Fsp3) is 0.125. The smallest absolute Gasteiger partial charge is 0.262 e.